The van der Waals surface area contributed by atoms with Crippen LogP contribution >= 0.6 is 0 Å². The summed E-state index contributed by atoms with van der Waals surface area (Å²) in [5.74, 6) is 1.84. The van der Waals surface area contributed by atoms with Crippen molar-refractivity contribution in [2.45, 2.75) is 13.0 Å². The van der Waals surface area contributed by atoms with Crippen molar-refractivity contribution >= 4 is 11.6 Å². The Morgan fingerprint density at radius 1 is 1.62 bits per heavy atom. The summed E-state index contributed by atoms with van der Waals surface area (Å²) in [6, 6.07) is 1.67. The normalized spacial score (nSPS) is 21.1. The molecule has 1 fully saturated rings. The van der Waals surface area contributed by atoms with Crippen molar-refractivity contribution in [3.05, 3.63) is 11.9 Å². The maximum absolute atomic E-state index is 9.27. The maximum atomic E-state index is 9.27. The van der Waals surface area contributed by atoms with E-state index < -0.39 is 0 Å². The van der Waals surface area contributed by atoms with Crippen LogP contribution < -0.4 is 10.6 Å². The minimum atomic E-state index is -0.0533. The second-order valence-corrected chi connectivity index (χ2v) is 3.80. The molecule has 1 aromatic heterocycles. The van der Waals surface area contributed by atoms with E-state index in [4.69, 9.17) is 10.5 Å². The fraction of sp³-hybridized carbons (Fsp3) is 0.600. The van der Waals surface area contributed by atoms with E-state index in [2.05, 4.69) is 9.97 Å². The van der Waals surface area contributed by atoms with Crippen molar-refractivity contribution in [1.29, 1.82) is 0 Å². The highest BCUT2D eigenvalue weighted by molar-refractivity contribution is 5.48. The Kier molecular flexibility index (Phi) is 3.21. The van der Waals surface area contributed by atoms with E-state index in [1.165, 1.54) is 0 Å². The van der Waals surface area contributed by atoms with Crippen molar-refractivity contribution in [3.63, 3.8) is 0 Å². The molecule has 0 amide bonds. The molecule has 0 aliphatic carbocycles. The molecule has 0 aromatic carbocycles. The Morgan fingerprint density at radius 3 is 3.12 bits per heavy atom. The van der Waals surface area contributed by atoms with Gasteiger partial charge in [0.15, 0.2) is 0 Å². The van der Waals surface area contributed by atoms with Gasteiger partial charge in [0.1, 0.15) is 17.5 Å². The molecule has 1 unspecified atom stereocenters. The molecule has 6 nitrogen and oxygen atoms in total. The molecule has 2 rings (SSSR count). The summed E-state index contributed by atoms with van der Waals surface area (Å²) in [6.07, 6.45) is 0. The molecular weight excluding hydrogens is 208 g/mol. The zero-order chi connectivity index (χ0) is 11.5. The SMILES string of the molecule is Cc1nc(N)cc(N2CCOCC2CO)n1. The highest BCUT2D eigenvalue weighted by Crippen LogP contribution is 2.18. The van der Waals surface area contributed by atoms with E-state index in [-0.39, 0.29) is 12.6 Å². The van der Waals surface area contributed by atoms with Crippen LogP contribution in [0.4, 0.5) is 11.6 Å². The number of hydrogen-bond acceptors (Lipinski definition) is 6. The first-order valence-electron chi connectivity index (χ1n) is 5.27. The molecule has 0 bridgehead atoms. The summed E-state index contributed by atoms with van der Waals surface area (Å²) >= 11 is 0. The number of aliphatic hydroxyl groups is 1. The first kappa shape index (κ1) is 11.1. The number of nitrogens with two attached hydrogens (primary N) is 1. The third-order valence-electron chi connectivity index (χ3n) is 2.58. The molecule has 6 heteroatoms. The quantitative estimate of drug-likeness (QED) is 0.708. The van der Waals surface area contributed by atoms with Crippen molar-refractivity contribution in [2.75, 3.05) is 37.0 Å². The van der Waals surface area contributed by atoms with Gasteiger partial charge in [-0.15, -0.1) is 0 Å². The average Bonchev–Trinajstić information content (AvgIpc) is 2.27. The predicted molar refractivity (Wildman–Crippen MR) is 60.2 cm³/mol. The first-order chi connectivity index (χ1) is 7.70. The van der Waals surface area contributed by atoms with Gasteiger partial charge < -0.3 is 20.5 Å². The number of anilines is 2. The van der Waals surface area contributed by atoms with E-state index in [9.17, 15) is 5.11 Å². The fourth-order valence-corrected chi connectivity index (χ4v) is 1.83. The molecule has 1 saturated heterocycles. The van der Waals surface area contributed by atoms with E-state index in [0.29, 0.717) is 31.4 Å². The van der Waals surface area contributed by atoms with Gasteiger partial charge in [-0.05, 0) is 6.92 Å². The molecule has 3 N–H and O–H groups in total. The fourth-order valence-electron chi connectivity index (χ4n) is 1.83. The van der Waals surface area contributed by atoms with Gasteiger partial charge in [-0.1, -0.05) is 0 Å². The molecule has 0 saturated carbocycles. The van der Waals surface area contributed by atoms with E-state index in [1.807, 2.05) is 4.90 Å². The summed E-state index contributed by atoms with van der Waals surface area (Å²) in [7, 11) is 0. The minimum Gasteiger partial charge on any atom is -0.394 e. The van der Waals surface area contributed by atoms with E-state index in [1.54, 1.807) is 13.0 Å². The lowest BCUT2D eigenvalue weighted by Crippen LogP contribution is -2.48. The van der Waals surface area contributed by atoms with E-state index in [0.717, 1.165) is 5.82 Å². The van der Waals surface area contributed by atoms with Gasteiger partial charge in [0.2, 0.25) is 0 Å². The topological polar surface area (TPSA) is 84.5 Å². The van der Waals surface area contributed by atoms with Crippen LogP contribution in [0.2, 0.25) is 0 Å². The van der Waals surface area contributed by atoms with Gasteiger partial charge in [-0.25, -0.2) is 9.97 Å². The van der Waals surface area contributed by atoms with Gasteiger partial charge in [0.25, 0.3) is 0 Å². The molecule has 1 atom stereocenters. The molecule has 1 aliphatic heterocycles. The molecule has 0 radical (unpaired) electrons. The number of ether oxygens (including phenoxy) is 1. The third-order valence-corrected chi connectivity index (χ3v) is 2.58. The zero-order valence-corrected chi connectivity index (χ0v) is 9.26. The summed E-state index contributed by atoms with van der Waals surface area (Å²) in [5, 5.41) is 9.27. The van der Waals surface area contributed by atoms with Gasteiger partial charge in [-0.3, -0.25) is 0 Å². The van der Waals surface area contributed by atoms with Crippen molar-refractivity contribution in [2.24, 2.45) is 0 Å². The first-order valence-corrected chi connectivity index (χ1v) is 5.27. The van der Waals surface area contributed by atoms with Crippen LogP contribution in [-0.2, 0) is 4.74 Å². The molecule has 1 aromatic rings. The van der Waals surface area contributed by atoms with Crippen LogP contribution in [-0.4, -0.2) is 47.5 Å². The third kappa shape index (κ3) is 2.23. The highest BCUT2D eigenvalue weighted by Gasteiger charge is 2.23. The Hall–Kier alpha value is -1.40. The predicted octanol–water partition coefficient (Wildman–Crippen LogP) is -0.435. The van der Waals surface area contributed by atoms with Crippen molar-refractivity contribution in [1.82, 2.24) is 9.97 Å². The number of aryl methyl sites for hydroxylation is 1. The summed E-state index contributed by atoms with van der Waals surface area (Å²) in [6.45, 7) is 3.71. The highest BCUT2D eigenvalue weighted by atomic mass is 16.5. The van der Waals surface area contributed by atoms with Crippen LogP contribution in [0.1, 0.15) is 5.82 Å². The second-order valence-electron chi connectivity index (χ2n) is 3.80. The molecule has 0 spiro atoms. The molecule has 2 heterocycles. The Morgan fingerprint density at radius 2 is 2.44 bits per heavy atom. The van der Waals surface area contributed by atoms with Crippen molar-refractivity contribution < 1.29 is 9.84 Å². The number of rotatable bonds is 2. The zero-order valence-electron chi connectivity index (χ0n) is 9.26. The lowest BCUT2D eigenvalue weighted by Gasteiger charge is -2.35. The smallest absolute Gasteiger partial charge is 0.134 e. The number of aliphatic hydroxyl groups excluding tert-OH is 1. The second kappa shape index (κ2) is 4.63. The Bertz CT molecular complexity index is 352. The van der Waals surface area contributed by atoms with Gasteiger partial charge in [0, 0.05) is 12.6 Å². The average molecular weight is 224 g/mol. The van der Waals surface area contributed by atoms with Gasteiger partial charge in [-0.2, -0.15) is 0 Å². The van der Waals surface area contributed by atoms with Crippen LogP contribution in [0.15, 0.2) is 6.07 Å². The Balaban J connectivity index is 2.26. The number of nitrogens with zero attached hydrogens (tertiary/aromatic N) is 3. The van der Waals surface area contributed by atoms with Crippen LogP contribution in [0.25, 0.3) is 0 Å². The molecule has 16 heavy (non-hydrogen) atoms. The number of hydrogen-bond donors (Lipinski definition) is 2. The maximum Gasteiger partial charge on any atom is 0.134 e. The summed E-state index contributed by atoms with van der Waals surface area (Å²) < 4.78 is 5.31. The van der Waals surface area contributed by atoms with Crippen LogP contribution in [0.5, 0.6) is 0 Å². The van der Waals surface area contributed by atoms with Gasteiger partial charge >= 0.3 is 0 Å². The standard InChI is InChI=1S/C10H16N4O2/c1-7-12-9(11)4-10(13-7)14-2-3-16-6-8(14)5-15/h4,8,15H,2-3,5-6H2,1H3,(H2,11,12,13). The van der Waals surface area contributed by atoms with Gasteiger partial charge in [0.05, 0.1) is 25.9 Å². The monoisotopic (exact) mass is 224 g/mol. The lowest BCUT2D eigenvalue weighted by molar-refractivity contribution is 0.0722. The number of aromatic nitrogens is 2. The molecule has 88 valence electrons. The van der Waals surface area contributed by atoms with E-state index >= 15 is 0 Å². The van der Waals surface area contributed by atoms with Crippen molar-refractivity contribution in [3.8, 4) is 0 Å². The largest absolute Gasteiger partial charge is 0.394 e. The Labute approximate surface area is 94.1 Å². The number of morpholine rings is 1. The number of nitrogen functional groups attached to an aromatic ring is 1. The summed E-state index contributed by atoms with van der Waals surface area (Å²) in [4.78, 5) is 10.4. The molecular formula is C10H16N4O2. The molecule has 1 aliphatic rings. The van der Waals surface area contributed by atoms with Crippen LogP contribution in [0, 0.1) is 6.92 Å². The lowest BCUT2D eigenvalue weighted by atomic mass is 10.2. The summed E-state index contributed by atoms with van der Waals surface area (Å²) in [5.41, 5.74) is 5.68. The van der Waals surface area contributed by atoms with Crippen LogP contribution in [0.3, 0.4) is 0 Å². The minimum absolute atomic E-state index is 0.0446.